The first-order valence-corrected chi connectivity index (χ1v) is 12.2. The van der Waals surface area contributed by atoms with Crippen molar-refractivity contribution in [3.8, 4) is 0 Å². The smallest absolute Gasteiger partial charge is 0.302 e. The second kappa shape index (κ2) is 9.29. The summed E-state index contributed by atoms with van der Waals surface area (Å²) in [5.74, 6) is -0.513. The topological polar surface area (TPSA) is 136 Å². The fraction of sp³-hybridized carbons (Fsp3) is 0.533. The van der Waals surface area contributed by atoms with Crippen molar-refractivity contribution in [2.24, 2.45) is 5.14 Å². The number of hydrogen-bond donors (Lipinski definition) is 1. The number of morpholine rings is 1. The van der Waals surface area contributed by atoms with Crippen LogP contribution >= 0.6 is 23.7 Å². The Kier molecular flexibility index (Phi) is 7.70. The van der Waals surface area contributed by atoms with Gasteiger partial charge in [-0.1, -0.05) is 0 Å². The average molecular weight is 488 g/mol. The van der Waals surface area contributed by atoms with Gasteiger partial charge in [-0.25, -0.2) is 22.0 Å². The molecule has 3 heterocycles. The molecule has 10 nitrogen and oxygen atoms in total. The van der Waals surface area contributed by atoms with E-state index in [-0.39, 0.29) is 34.0 Å². The van der Waals surface area contributed by atoms with Gasteiger partial charge in [-0.2, -0.15) is 0 Å². The van der Waals surface area contributed by atoms with Crippen LogP contribution in [-0.2, 0) is 34.3 Å². The second-order valence-electron chi connectivity index (χ2n) is 6.29. The molecule has 2 aliphatic rings. The van der Waals surface area contributed by atoms with Crippen LogP contribution in [-0.4, -0.2) is 78.0 Å². The maximum Gasteiger partial charge on any atom is 0.302 e. The lowest BCUT2D eigenvalue weighted by atomic mass is 10.2. The highest BCUT2D eigenvalue weighted by atomic mass is 35.5. The number of nitrogens with zero attached hydrogens (tertiary/aromatic N) is 2. The number of ether oxygens (including phenoxy) is 2. The van der Waals surface area contributed by atoms with Gasteiger partial charge < -0.3 is 9.47 Å². The van der Waals surface area contributed by atoms with E-state index in [0.29, 0.717) is 55.4 Å². The average Bonchev–Trinajstić information content (AvgIpc) is 3.04. The van der Waals surface area contributed by atoms with E-state index in [1.165, 1.54) is 13.0 Å². The molecule has 1 saturated heterocycles. The third-order valence-corrected chi connectivity index (χ3v) is 9.19. The minimum Gasteiger partial charge on any atom is -0.464 e. The van der Waals surface area contributed by atoms with Crippen molar-refractivity contribution in [3.05, 3.63) is 17.3 Å². The molecule has 0 amide bonds. The molecule has 0 aromatic carbocycles. The van der Waals surface area contributed by atoms with Crippen molar-refractivity contribution in [1.29, 1.82) is 0 Å². The van der Waals surface area contributed by atoms with Crippen molar-refractivity contribution in [1.82, 2.24) is 9.21 Å². The Morgan fingerprint density at radius 1 is 1.34 bits per heavy atom. The van der Waals surface area contributed by atoms with Crippen molar-refractivity contribution >= 4 is 55.8 Å². The molecule has 0 aliphatic carbocycles. The number of sulfonamides is 2. The molecule has 0 bridgehead atoms. The molecule has 0 saturated carbocycles. The fourth-order valence-corrected chi connectivity index (χ4v) is 7.04. The van der Waals surface area contributed by atoms with Gasteiger partial charge in [0.05, 0.1) is 19.8 Å². The molecule has 2 N–H and O–H groups in total. The number of primary sulfonamides is 1. The number of nitrogens with two attached hydrogens (primary N) is 1. The van der Waals surface area contributed by atoms with E-state index in [1.54, 1.807) is 6.08 Å². The quantitative estimate of drug-likeness (QED) is 0.556. The Morgan fingerprint density at radius 2 is 2.00 bits per heavy atom. The number of rotatable bonds is 6. The number of fused-ring (bicyclic) bond motifs is 1. The molecule has 1 fully saturated rings. The zero-order valence-corrected chi connectivity index (χ0v) is 18.8. The largest absolute Gasteiger partial charge is 0.464 e. The predicted octanol–water partition coefficient (Wildman–Crippen LogP) is 0.0578. The van der Waals surface area contributed by atoms with Gasteiger partial charge in [-0.3, -0.25) is 14.0 Å². The van der Waals surface area contributed by atoms with Crippen LogP contribution in [0.4, 0.5) is 0 Å². The number of halogens is 1. The normalized spacial score (nSPS) is 19.1. The van der Waals surface area contributed by atoms with Crippen molar-refractivity contribution in [2.75, 3.05) is 46.0 Å². The van der Waals surface area contributed by atoms with E-state index in [4.69, 9.17) is 14.6 Å². The molecule has 29 heavy (non-hydrogen) atoms. The number of carbonyl (C=O) groups excluding carboxylic acids is 1. The lowest BCUT2D eigenvalue weighted by molar-refractivity contribution is -0.141. The van der Waals surface area contributed by atoms with Gasteiger partial charge in [0.1, 0.15) is 15.0 Å². The van der Waals surface area contributed by atoms with Crippen LogP contribution in [0.25, 0.3) is 6.08 Å². The van der Waals surface area contributed by atoms with Crippen LogP contribution < -0.4 is 5.14 Å². The lowest BCUT2D eigenvalue weighted by Gasteiger charge is -2.34. The van der Waals surface area contributed by atoms with Crippen LogP contribution in [0, 0.1) is 0 Å². The Bertz CT molecular complexity index is 998. The van der Waals surface area contributed by atoms with Crippen molar-refractivity contribution in [2.45, 2.75) is 15.3 Å². The first-order chi connectivity index (χ1) is 13.1. The standard InChI is InChI=1S/C15H21N3O7S3.ClH/c1-11(19)25-7-4-18-13(10-17-2-5-24-6-3-17)8-12-9-14(27(16,20)21)26-15(12)28(18,22)23;/h8-9H,2-7,10H2,1H3,(H2,16,20,21);1H. The molecule has 164 valence electrons. The van der Waals surface area contributed by atoms with Crippen molar-refractivity contribution < 1.29 is 31.1 Å². The molecule has 0 atom stereocenters. The molecule has 14 heteroatoms. The molecule has 1 aromatic heterocycles. The van der Waals surface area contributed by atoms with Crippen LogP contribution in [0.5, 0.6) is 0 Å². The highest BCUT2D eigenvalue weighted by molar-refractivity contribution is 7.94. The summed E-state index contributed by atoms with van der Waals surface area (Å²) in [6.45, 7) is 3.78. The monoisotopic (exact) mass is 487 g/mol. The van der Waals surface area contributed by atoms with Gasteiger partial charge in [-0.15, -0.1) is 23.7 Å². The van der Waals surface area contributed by atoms with Crippen LogP contribution in [0.1, 0.15) is 12.5 Å². The molecular formula is C15H22ClN3O7S3. The summed E-state index contributed by atoms with van der Waals surface area (Å²) in [5, 5.41) is 5.16. The minimum atomic E-state index is -4.03. The summed E-state index contributed by atoms with van der Waals surface area (Å²) >= 11 is 0.612. The minimum absolute atomic E-state index is 0. The Hall–Kier alpha value is -1.22. The molecule has 0 unspecified atom stereocenters. The Balaban J connectivity index is 0.00000300. The fourth-order valence-electron chi connectivity index (χ4n) is 2.96. The Labute approximate surface area is 179 Å². The predicted molar refractivity (Wildman–Crippen MR) is 109 cm³/mol. The third kappa shape index (κ3) is 5.48. The summed E-state index contributed by atoms with van der Waals surface area (Å²) in [7, 11) is -8.03. The van der Waals surface area contributed by atoms with Gasteiger partial charge >= 0.3 is 5.97 Å². The van der Waals surface area contributed by atoms with Crippen LogP contribution in [0.15, 0.2) is 20.2 Å². The van der Waals surface area contributed by atoms with Crippen molar-refractivity contribution in [3.63, 3.8) is 0 Å². The van der Waals surface area contributed by atoms with E-state index in [2.05, 4.69) is 0 Å². The van der Waals surface area contributed by atoms with Gasteiger partial charge in [0.2, 0.25) is 10.0 Å². The van der Waals surface area contributed by atoms with E-state index in [9.17, 15) is 21.6 Å². The number of carbonyl (C=O) groups is 1. The van der Waals surface area contributed by atoms with Gasteiger partial charge in [-0.05, 0) is 12.1 Å². The van der Waals surface area contributed by atoms with Gasteiger partial charge in [0.25, 0.3) is 10.0 Å². The van der Waals surface area contributed by atoms with E-state index in [1.807, 2.05) is 4.90 Å². The maximum absolute atomic E-state index is 13.1. The van der Waals surface area contributed by atoms with Gasteiger partial charge in [0, 0.05) is 37.8 Å². The first kappa shape index (κ1) is 24.1. The summed E-state index contributed by atoms with van der Waals surface area (Å²) < 4.78 is 60.7. The zero-order valence-electron chi connectivity index (χ0n) is 15.6. The lowest BCUT2D eigenvalue weighted by Crippen LogP contribution is -2.43. The molecule has 3 rings (SSSR count). The molecule has 2 aliphatic heterocycles. The SMILES string of the molecule is CC(=O)OCCN1C(CN2CCOCC2)=Cc2cc(S(N)(=O)=O)sc2S1(=O)=O.Cl. The van der Waals surface area contributed by atoms with Crippen LogP contribution in [0.3, 0.4) is 0 Å². The first-order valence-electron chi connectivity index (χ1n) is 8.42. The zero-order chi connectivity index (χ0) is 20.5. The van der Waals surface area contributed by atoms with E-state index >= 15 is 0 Å². The summed E-state index contributed by atoms with van der Waals surface area (Å²) in [6.07, 6.45) is 1.64. The third-order valence-electron chi connectivity index (χ3n) is 4.24. The summed E-state index contributed by atoms with van der Waals surface area (Å²) in [6, 6.07) is 1.27. The van der Waals surface area contributed by atoms with E-state index < -0.39 is 26.0 Å². The number of thiophene rings is 1. The summed E-state index contributed by atoms with van der Waals surface area (Å²) in [5.41, 5.74) is 0.765. The van der Waals surface area contributed by atoms with E-state index in [0.717, 1.165) is 4.31 Å². The molecule has 1 aromatic rings. The molecule has 0 radical (unpaired) electrons. The number of esters is 1. The highest BCUT2D eigenvalue weighted by Gasteiger charge is 2.36. The maximum atomic E-state index is 13.1. The Morgan fingerprint density at radius 3 is 2.59 bits per heavy atom. The van der Waals surface area contributed by atoms with Gasteiger partial charge in [0.15, 0.2) is 0 Å². The van der Waals surface area contributed by atoms with Crippen LogP contribution in [0.2, 0.25) is 0 Å². The molecule has 0 spiro atoms. The highest BCUT2D eigenvalue weighted by Crippen LogP contribution is 2.38. The summed E-state index contributed by atoms with van der Waals surface area (Å²) in [4.78, 5) is 13.1. The molecular weight excluding hydrogens is 466 g/mol. The second-order valence-corrected chi connectivity index (χ2v) is 11.2. The number of hydrogen-bond acceptors (Lipinski definition) is 9.